The van der Waals surface area contributed by atoms with E-state index >= 15 is 0 Å². The molecule has 0 aliphatic carbocycles. The molecule has 2 unspecified atom stereocenters. The summed E-state index contributed by atoms with van der Waals surface area (Å²) < 4.78 is 0. The van der Waals surface area contributed by atoms with Crippen LogP contribution in [0.4, 0.5) is 0 Å². The van der Waals surface area contributed by atoms with E-state index in [1.807, 2.05) is 0 Å². The van der Waals surface area contributed by atoms with Gasteiger partial charge < -0.3 is 0 Å². The highest BCUT2D eigenvalue weighted by Gasteiger charge is 2.06. The maximum atomic E-state index is 2.52. The van der Waals surface area contributed by atoms with Crippen molar-refractivity contribution in [1.82, 2.24) is 0 Å². The molecule has 0 saturated carbocycles. The summed E-state index contributed by atoms with van der Waals surface area (Å²) in [6.07, 6.45) is 10.8. The number of unbranched alkanes of at least 4 members (excludes halogenated alkanes) is 3. The first-order valence-electron chi connectivity index (χ1n) is 6.05. The summed E-state index contributed by atoms with van der Waals surface area (Å²) in [6.45, 7) is 9.22. The normalized spacial score (nSPS) is 15.7. The number of hydrogen-bond acceptors (Lipinski definition) is 0. The molecule has 0 saturated heterocycles. The SMILES string of the molecule is CCCCCCC(C)[CH]C(C)CC. The number of hydrogen-bond donors (Lipinski definition) is 0. The van der Waals surface area contributed by atoms with Crippen LogP contribution in [-0.2, 0) is 0 Å². The maximum absolute atomic E-state index is 2.52. The maximum Gasteiger partial charge on any atom is -0.0329 e. The van der Waals surface area contributed by atoms with Crippen molar-refractivity contribution in [2.24, 2.45) is 11.8 Å². The lowest BCUT2D eigenvalue weighted by Crippen LogP contribution is -2.03. The molecule has 13 heavy (non-hydrogen) atoms. The second-order valence-electron chi connectivity index (χ2n) is 4.40. The summed E-state index contributed by atoms with van der Waals surface area (Å²) in [5.74, 6) is 1.63. The van der Waals surface area contributed by atoms with Crippen molar-refractivity contribution in [1.29, 1.82) is 0 Å². The van der Waals surface area contributed by atoms with Crippen LogP contribution < -0.4 is 0 Å². The highest BCUT2D eigenvalue weighted by atomic mass is 14.1. The van der Waals surface area contributed by atoms with Crippen LogP contribution in [-0.4, -0.2) is 0 Å². The van der Waals surface area contributed by atoms with Gasteiger partial charge in [0.05, 0.1) is 0 Å². The standard InChI is InChI=1S/C13H27/c1-5-7-8-9-10-13(4)11-12(3)6-2/h11-13H,5-10H2,1-4H3. The third-order valence-corrected chi connectivity index (χ3v) is 2.81. The molecule has 0 spiro atoms. The average Bonchev–Trinajstić information content (AvgIpc) is 2.12. The van der Waals surface area contributed by atoms with Gasteiger partial charge in [-0.25, -0.2) is 0 Å². The van der Waals surface area contributed by atoms with Gasteiger partial charge in [0.25, 0.3) is 0 Å². The second-order valence-corrected chi connectivity index (χ2v) is 4.40. The Hall–Kier alpha value is 0. The molecule has 0 bridgehead atoms. The molecule has 0 amide bonds. The summed E-state index contributed by atoms with van der Waals surface area (Å²) >= 11 is 0. The van der Waals surface area contributed by atoms with Gasteiger partial charge in [0.1, 0.15) is 0 Å². The van der Waals surface area contributed by atoms with Crippen molar-refractivity contribution in [3.05, 3.63) is 6.42 Å². The Morgan fingerprint density at radius 1 is 0.923 bits per heavy atom. The van der Waals surface area contributed by atoms with E-state index in [4.69, 9.17) is 0 Å². The van der Waals surface area contributed by atoms with Crippen molar-refractivity contribution in [2.45, 2.75) is 66.2 Å². The summed E-state index contributed by atoms with van der Waals surface area (Å²) in [7, 11) is 0. The Morgan fingerprint density at radius 3 is 2.15 bits per heavy atom. The van der Waals surface area contributed by atoms with Crippen molar-refractivity contribution in [3.63, 3.8) is 0 Å². The van der Waals surface area contributed by atoms with Crippen LogP contribution in [0.5, 0.6) is 0 Å². The zero-order valence-corrected chi connectivity index (χ0v) is 9.97. The zero-order chi connectivity index (χ0) is 10.1. The molecular weight excluding hydrogens is 156 g/mol. The first kappa shape index (κ1) is 13.0. The predicted molar refractivity (Wildman–Crippen MR) is 61.7 cm³/mol. The van der Waals surface area contributed by atoms with Gasteiger partial charge in [0.15, 0.2) is 0 Å². The molecule has 0 rings (SSSR count). The molecule has 0 N–H and O–H groups in total. The molecule has 0 aliphatic rings. The predicted octanol–water partition coefficient (Wildman–Crippen LogP) is 4.84. The van der Waals surface area contributed by atoms with E-state index < -0.39 is 0 Å². The first-order valence-corrected chi connectivity index (χ1v) is 6.05. The van der Waals surface area contributed by atoms with Crippen molar-refractivity contribution < 1.29 is 0 Å². The molecular formula is C13H27. The minimum Gasteiger partial charge on any atom is -0.0654 e. The Morgan fingerprint density at radius 2 is 1.62 bits per heavy atom. The lowest BCUT2D eigenvalue weighted by atomic mass is 9.91. The topological polar surface area (TPSA) is 0 Å². The van der Waals surface area contributed by atoms with Gasteiger partial charge in [-0.15, -0.1) is 0 Å². The van der Waals surface area contributed by atoms with Crippen molar-refractivity contribution >= 4 is 0 Å². The number of rotatable bonds is 8. The summed E-state index contributed by atoms with van der Waals surface area (Å²) in [5.41, 5.74) is 0. The molecule has 0 aromatic rings. The summed E-state index contributed by atoms with van der Waals surface area (Å²) in [4.78, 5) is 0. The lowest BCUT2D eigenvalue weighted by Gasteiger charge is -2.14. The fraction of sp³-hybridized carbons (Fsp3) is 0.923. The molecule has 79 valence electrons. The lowest BCUT2D eigenvalue weighted by molar-refractivity contribution is 0.477. The van der Waals surface area contributed by atoms with Gasteiger partial charge in [-0.3, -0.25) is 0 Å². The van der Waals surface area contributed by atoms with Gasteiger partial charge in [-0.05, 0) is 18.3 Å². The Balaban J connectivity index is 3.24. The van der Waals surface area contributed by atoms with Crippen LogP contribution in [0.2, 0.25) is 0 Å². The molecule has 0 heteroatoms. The van der Waals surface area contributed by atoms with E-state index in [0.29, 0.717) is 0 Å². The van der Waals surface area contributed by atoms with Gasteiger partial charge in [0, 0.05) is 0 Å². The van der Waals surface area contributed by atoms with Crippen LogP contribution in [0.25, 0.3) is 0 Å². The van der Waals surface area contributed by atoms with Gasteiger partial charge >= 0.3 is 0 Å². The quantitative estimate of drug-likeness (QED) is 0.472. The van der Waals surface area contributed by atoms with E-state index in [1.54, 1.807) is 0 Å². The summed E-state index contributed by atoms with van der Waals surface area (Å²) in [5, 5.41) is 0. The minimum absolute atomic E-state index is 0.807. The van der Waals surface area contributed by atoms with Crippen LogP contribution in [0, 0.1) is 18.3 Å². The smallest absolute Gasteiger partial charge is 0.0329 e. The van der Waals surface area contributed by atoms with Gasteiger partial charge in [-0.2, -0.15) is 0 Å². The Kier molecular flexibility index (Phi) is 8.59. The van der Waals surface area contributed by atoms with Crippen LogP contribution >= 0.6 is 0 Å². The van der Waals surface area contributed by atoms with E-state index in [2.05, 4.69) is 34.1 Å². The van der Waals surface area contributed by atoms with Gasteiger partial charge in [-0.1, -0.05) is 66.2 Å². The molecule has 0 aliphatic heterocycles. The van der Waals surface area contributed by atoms with Crippen LogP contribution in [0.15, 0.2) is 0 Å². The summed E-state index contributed by atoms with van der Waals surface area (Å²) in [6, 6.07) is 0. The highest BCUT2D eigenvalue weighted by Crippen LogP contribution is 2.18. The van der Waals surface area contributed by atoms with E-state index in [-0.39, 0.29) is 0 Å². The van der Waals surface area contributed by atoms with Crippen molar-refractivity contribution in [3.8, 4) is 0 Å². The molecule has 0 aromatic carbocycles. The zero-order valence-electron chi connectivity index (χ0n) is 9.97. The minimum atomic E-state index is 0.807. The van der Waals surface area contributed by atoms with E-state index in [1.165, 1.54) is 38.5 Å². The Bertz CT molecular complexity index is 96.2. The second kappa shape index (κ2) is 8.59. The van der Waals surface area contributed by atoms with Gasteiger partial charge in [0.2, 0.25) is 0 Å². The fourth-order valence-corrected chi connectivity index (χ4v) is 1.69. The molecule has 0 fully saturated rings. The molecule has 1 radical (unpaired) electrons. The highest BCUT2D eigenvalue weighted by molar-refractivity contribution is 4.77. The van der Waals surface area contributed by atoms with Crippen LogP contribution in [0.1, 0.15) is 66.2 Å². The van der Waals surface area contributed by atoms with Crippen molar-refractivity contribution in [2.75, 3.05) is 0 Å². The molecule has 0 heterocycles. The fourth-order valence-electron chi connectivity index (χ4n) is 1.69. The Labute approximate surface area is 85.1 Å². The van der Waals surface area contributed by atoms with Crippen LogP contribution in [0.3, 0.4) is 0 Å². The van der Waals surface area contributed by atoms with E-state index in [9.17, 15) is 0 Å². The third-order valence-electron chi connectivity index (χ3n) is 2.81. The molecule has 0 aromatic heterocycles. The average molecular weight is 183 g/mol. The third kappa shape index (κ3) is 8.33. The molecule has 0 nitrogen and oxygen atoms in total. The largest absolute Gasteiger partial charge is 0.0654 e. The first-order chi connectivity index (χ1) is 6.20. The monoisotopic (exact) mass is 183 g/mol. The van der Waals surface area contributed by atoms with E-state index in [0.717, 1.165) is 11.8 Å². The molecule has 2 atom stereocenters.